The van der Waals surface area contributed by atoms with E-state index in [1.807, 2.05) is 26.8 Å². The van der Waals surface area contributed by atoms with E-state index in [9.17, 15) is 4.39 Å². The minimum absolute atomic E-state index is 0.270. The Kier molecular flexibility index (Phi) is 2.83. The molecule has 0 saturated carbocycles. The van der Waals surface area contributed by atoms with Crippen molar-refractivity contribution in [2.45, 2.75) is 26.7 Å². The van der Waals surface area contributed by atoms with Crippen molar-refractivity contribution in [1.82, 2.24) is 4.98 Å². The van der Waals surface area contributed by atoms with Gasteiger partial charge in [0.05, 0.1) is 4.47 Å². The molecule has 0 bridgehead atoms. The van der Waals surface area contributed by atoms with Crippen molar-refractivity contribution in [2.75, 3.05) is 0 Å². The molecule has 12 heavy (non-hydrogen) atoms. The van der Waals surface area contributed by atoms with E-state index in [1.54, 1.807) is 0 Å². The average Bonchev–Trinajstić information content (AvgIpc) is 1.99. The van der Waals surface area contributed by atoms with Crippen LogP contribution in [0.25, 0.3) is 0 Å². The van der Waals surface area contributed by atoms with Gasteiger partial charge in [-0.3, -0.25) is 0 Å². The van der Waals surface area contributed by atoms with Crippen molar-refractivity contribution in [1.29, 1.82) is 0 Å². The van der Waals surface area contributed by atoms with Crippen molar-refractivity contribution >= 4 is 15.9 Å². The van der Waals surface area contributed by atoms with Crippen molar-refractivity contribution < 1.29 is 4.39 Å². The van der Waals surface area contributed by atoms with E-state index in [4.69, 9.17) is 0 Å². The number of rotatable bonds is 1. The lowest BCUT2D eigenvalue weighted by molar-refractivity contribution is 0.563. The zero-order chi connectivity index (χ0) is 9.30. The first-order valence-electron chi connectivity index (χ1n) is 3.85. The van der Waals surface area contributed by atoms with Gasteiger partial charge in [-0.2, -0.15) is 4.39 Å². The minimum atomic E-state index is -0.418. The molecule has 0 saturated heterocycles. The molecule has 0 fully saturated rings. The molecule has 0 aliphatic carbocycles. The maximum Gasteiger partial charge on any atom is 0.227 e. The first-order valence-corrected chi connectivity index (χ1v) is 4.64. The van der Waals surface area contributed by atoms with Gasteiger partial charge in [-0.1, -0.05) is 13.8 Å². The lowest BCUT2D eigenvalue weighted by Gasteiger charge is -2.06. The summed E-state index contributed by atoms with van der Waals surface area (Å²) in [5, 5.41) is 0. The van der Waals surface area contributed by atoms with Gasteiger partial charge in [0, 0.05) is 5.69 Å². The Hall–Kier alpha value is -0.440. The van der Waals surface area contributed by atoms with E-state index in [-0.39, 0.29) is 5.92 Å². The quantitative estimate of drug-likeness (QED) is 0.676. The number of nitrogens with zero attached hydrogens (tertiary/aromatic N) is 1. The second-order valence-corrected chi connectivity index (χ2v) is 3.92. The highest BCUT2D eigenvalue weighted by molar-refractivity contribution is 9.10. The number of aromatic nitrogens is 1. The Morgan fingerprint density at radius 1 is 1.50 bits per heavy atom. The summed E-state index contributed by atoms with van der Waals surface area (Å²) in [6, 6.07) is 1.90. The third kappa shape index (κ3) is 1.83. The molecule has 0 amide bonds. The average molecular weight is 232 g/mol. The van der Waals surface area contributed by atoms with Crippen LogP contribution < -0.4 is 0 Å². The van der Waals surface area contributed by atoms with Crippen molar-refractivity contribution in [2.24, 2.45) is 0 Å². The zero-order valence-corrected chi connectivity index (χ0v) is 8.94. The predicted octanol–water partition coefficient (Wildman–Crippen LogP) is 3.42. The highest BCUT2D eigenvalue weighted by Gasteiger charge is 2.08. The van der Waals surface area contributed by atoms with E-state index in [2.05, 4.69) is 20.9 Å². The Morgan fingerprint density at radius 2 is 2.08 bits per heavy atom. The van der Waals surface area contributed by atoms with E-state index in [0.29, 0.717) is 4.47 Å². The van der Waals surface area contributed by atoms with Crippen molar-refractivity contribution in [3.8, 4) is 0 Å². The Morgan fingerprint density at radius 3 is 2.50 bits per heavy atom. The fraction of sp³-hybridized carbons (Fsp3) is 0.444. The largest absolute Gasteiger partial charge is 0.227 e. The van der Waals surface area contributed by atoms with Gasteiger partial charge in [0.15, 0.2) is 0 Å². The van der Waals surface area contributed by atoms with E-state index >= 15 is 0 Å². The van der Waals surface area contributed by atoms with Crippen LogP contribution in [-0.4, -0.2) is 4.98 Å². The summed E-state index contributed by atoms with van der Waals surface area (Å²) in [4.78, 5) is 3.82. The Balaban J connectivity index is 3.21. The second kappa shape index (κ2) is 3.52. The van der Waals surface area contributed by atoms with Gasteiger partial charge in [-0.05, 0) is 40.4 Å². The minimum Gasteiger partial charge on any atom is -0.224 e. The van der Waals surface area contributed by atoms with Crippen molar-refractivity contribution in [3.63, 3.8) is 0 Å². The molecule has 0 aliphatic heterocycles. The standard InChI is InChI=1S/C9H11BrFN/c1-5(2)7-4-6(3)8(10)9(11)12-7/h4-5H,1-3H3. The highest BCUT2D eigenvalue weighted by atomic mass is 79.9. The van der Waals surface area contributed by atoms with Crippen LogP contribution in [-0.2, 0) is 0 Å². The van der Waals surface area contributed by atoms with Crippen LogP contribution in [0.4, 0.5) is 4.39 Å². The molecule has 0 aromatic carbocycles. The summed E-state index contributed by atoms with van der Waals surface area (Å²) in [5.74, 6) is -0.148. The monoisotopic (exact) mass is 231 g/mol. The predicted molar refractivity (Wildman–Crippen MR) is 50.7 cm³/mol. The molecule has 0 N–H and O–H groups in total. The summed E-state index contributed by atoms with van der Waals surface area (Å²) in [6.45, 7) is 5.85. The lowest BCUT2D eigenvalue weighted by Crippen LogP contribution is -1.97. The molecule has 0 spiro atoms. The van der Waals surface area contributed by atoms with Gasteiger partial charge in [-0.15, -0.1) is 0 Å². The number of pyridine rings is 1. The SMILES string of the molecule is Cc1cc(C(C)C)nc(F)c1Br. The fourth-order valence-corrected chi connectivity index (χ4v) is 1.14. The topological polar surface area (TPSA) is 12.9 Å². The van der Waals surface area contributed by atoms with Crippen LogP contribution >= 0.6 is 15.9 Å². The van der Waals surface area contributed by atoms with Gasteiger partial charge in [0.2, 0.25) is 5.95 Å². The first kappa shape index (κ1) is 9.65. The lowest BCUT2D eigenvalue weighted by atomic mass is 10.1. The number of hydrogen-bond donors (Lipinski definition) is 0. The summed E-state index contributed by atoms with van der Waals surface area (Å²) < 4.78 is 13.5. The normalized spacial score (nSPS) is 10.8. The van der Waals surface area contributed by atoms with Gasteiger partial charge < -0.3 is 0 Å². The van der Waals surface area contributed by atoms with E-state index < -0.39 is 5.95 Å². The molecule has 0 unspecified atom stereocenters. The molecule has 3 heteroatoms. The van der Waals surface area contributed by atoms with E-state index in [1.165, 1.54) is 0 Å². The summed E-state index contributed by atoms with van der Waals surface area (Å²) in [7, 11) is 0. The first-order chi connectivity index (χ1) is 5.52. The summed E-state index contributed by atoms with van der Waals surface area (Å²) >= 11 is 3.12. The van der Waals surface area contributed by atoms with Gasteiger partial charge in [0.25, 0.3) is 0 Å². The van der Waals surface area contributed by atoms with Gasteiger partial charge >= 0.3 is 0 Å². The fourth-order valence-electron chi connectivity index (χ4n) is 0.938. The molecule has 0 aliphatic rings. The van der Waals surface area contributed by atoms with Gasteiger partial charge in [0.1, 0.15) is 0 Å². The van der Waals surface area contributed by atoms with Crippen LogP contribution in [0.2, 0.25) is 0 Å². The molecule has 1 heterocycles. The molecular formula is C9H11BrFN. The third-order valence-electron chi connectivity index (χ3n) is 1.71. The van der Waals surface area contributed by atoms with Crippen LogP contribution in [0.3, 0.4) is 0 Å². The Bertz CT molecular complexity index is 274. The second-order valence-electron chi connectivity index (χ2n) is 3.12. The van der Waals surface area contributed by atoms with Crippen LogP contribution in [0.5, 0.6) is 0 Å². The molecule has 1 nitrogen and oxygen atoms in total. The number of hydrogen-bond acceptors (Lipinski definition) is 1. The van der Waals surface area contributed by atoms with Crippen molar-refractivity contribution in [3.05, 3.63) is 27.7 Å². The third-order valence-corrected chi connectivity index (χ3v) is 2.66. The molecule has 1 aromatic heterocycles. The Labute approximate surface area is 80.1 Å². The zero-order valence-electron chi connectivity index (χ0n) is 7.36. The maximum atomic E-state index is 13.0. The smallest absolute Gasteiger partial charge is 0.224 e. The van der Waals surface area contributed by atoms with Crippen LogP contribution in [0, 0.1) is 12.9 Å². The summed E-state index contributed by atoms with van der Waals surface area (Å²) in [6.07, 6.45) is 0. The maximum absolute atomic E-state index is 13.0. The molecular weight excluding hydrogens is 221 g/mol. The van der Waals surface area contributed by atoms with E-state index in [0.717, 1.165) is 11.3 Å². The molecule has 1 aromatic rings. The molecule has 66 valence electrons. The molecule has 0 radical (unpaired) electrons. The molecule has 1 rings (SSSR count). The molecule has 0 atom stereocenters. The van der Waals surface area contributed by atoms with Gasteiger partial charge in [-0.25, -0.2) is 4.98 Å². The highest BCUT2D eigenvalue weighted by Crippen LogP contribution is 2.22. The van der Waals surface area contributed by atoms with Crippen LogP contribution in [0.15, 0.2) is 10.5 Å². The van der Waals surface area contributed by atoms with Crippen LogP contribution in [0.1, 0.15) is 31.0 Å². The number of halogens is 2. The summed E-state index contributed by atoms with van der Waals surface area (Å²) in [5.41, 5.74) is 1.69. The number of aryl methyl sites for hydroxylation is 1.